The number of carboxylic acid groups (broad SMARTS) is 1. The summed E-state index contributed by atoms with van der Waals surface area (Å²) in [6.07, 6.45) is 1.21. The molecule has 0 radical (unpaired) electrons. The minimum atomic E-state index is -1.34. The van der Waals surface area contributed by atoms with Crippen molar-refractivity contribution in [1.82, 2.24) is 14.9 Å². The highest BCUT2D eigenvalue weighted by molar-refractivity contribution is 5.92. The molecule has 2 aromatic rings. The molecule has 7 nitrogen and oxygen atoms in total. The molecule has 1 fully saturated rings. The van der Waals surface area contributed by atoms with Gasteiger partial charge in [0.2, 0.25) is 5.43 Å². The molecule has 0 aromatic carbocycles. The van der Waals surface area contributed by atoms with Gasteiger partial charge in [-0.1, -0.05) is 0 Å². The van der Waals surface area contributed by atoms with Crippen LogP contribution in [0.15, 0.2) is 17.1 Å². The fourth-order valence-corrected chi connectivity index (χ4v) is 2.61. The highest BCUT2D eigenvalue weighted by atomic mass is 19.1. The first-order valence-corrected chi connectivity index (χ1v) is 6.88. The number of piperazine rings is 1. The first kappa shape index (κ1) is 14.5. The van der Waals surface area contributed by atoms with Gasteiger partial charge in [-0.15, -0.1) is 0 Å². The van der Waals surface area contributed by atoms with Gasteiger partial charge in [-0.05, 0) is 6.07 Å². The number of halogens is 1. The molecule has 0 atom stereocenters. The summed E-state index contributed by atoms with van der Waals surface area (Å²) in [6, 6.07) is 1.08. The Kier molecular flexibility index (Phi) is 3.53. The van der Waals surface area contributed by atoms with Crippen LogP contribution in [0.25, 0.3) is 11.0 Å². The normalized spacial score (nSPS) is 15.3. The third-order valence-corrected chi connectivity index (χ3v) is 3.73. The number of carbonyl (C=O) groups is 1. The minimum absolute atomic E-state index is 0.0289. The number of hydrogen-bond donors (Lipinski definition) is 2. The fourth-order valence-electron chi connectivity index (χ4n) is 2.61. The van der Waals surface area contributed by atoms with E-state index in [4.69, 9.17) is 5.11 Å². The topological polar surface area (TPSA) is 87.5 Å². The smallest absolute Gasteiger partial charge is 0.341 e. The second kappa shape index (κ2) is 5.38. The van der Waals surface area contributed by atoms with Crippen molar-refractivity contribution in [1.29, 1.82) is 0 Å². The molecule has 2 N–H and O–H groups in total. The number of aromatic nitrogens is 2. The van der Waals surface area contributed by atoms with Crippen LogP contribution >= 0.6 is 0 Å². The molecule has 1 aliphatic rings. The number of aryl methyl sites for hydroxylation is 1. The predicted octanol–water partition coefficient (Wildman–Crippen LogP) is 0.180. The van der Waals surface area contributed by atoms with Gasteiger partial charge in [-0.25, -0.2) is 14.2 Å². The largest absolute Gasteiger partial charge is 0.477 e. The summed E-state index contributed by atoms with van der Waals surface area (Å²) in [5, 5.41) is 12.2. The quantitative estimate of drug-likeness (QED) is 0.823. The van der Waals surface area contributed by atoms with E-state index in [0.29, 0.717) is 13.1 Å². The lowest BCUT2D eigenvalue weighted by atomic mass is 10.2. The Balaban J connectivity index is 2.22. The van der Waals surface area contributed by atoms with Crippen molar-refractivity contribution in [3.05, 3.63) is 33.9 Å². The van der Waals surface area contributed by atoms with Crippen LogP contribution < -0.4 is 15.6 Å². The Morgan fingerprint density at radius 1 is 1.41 bits per heavy atom. The third-order valence-electron chi connectivity index (χ3n) is 3.73. The minimum Gasteiger partial charge on any atom is -0.477 e. The van der Waals surface area contributed by atoms with Crippen LogP contribution in [-0.4, -0.2) is 46.8 Å². The van der Waals surface area contributed by atoms with Gasteiger partial charge in [0.15, 0.2) is 11.6 Å². The molecule has 0 spiro atoms. The highest BCUT2D eigenvalue weighted by Gasteiger charge is 2.20. The number of aromatic carboxylic acids is 1. The Labute approximate surface area is 125 Å². The molecule has 0 saturated carbocycles. The zero-order chi connectivity index (χ0) is 15.9. The van der Waals surface area contributed by atoms with Crippen molar-refractivity contribution in [3.8, 4) is 0 Å². The predicted molar refractivity (Wildman–Crippen MR) is 79.0 cm³/mol. The van der Waals surface area contributed by atoms with Gasteiger partial charge in [0.25, 0.3) is 0 Å². The van der Waals surface area contributed by atoms with Crippen molar-refractivity contribution in [2.75, 3.05) is 31.1 Å². The zero-order valence-electron chi connectivity index (χ0n) is 12.0. The van der Waals surface area contributed by atoms with Gasteiger partial charge < -0.3 is 19.9 Å². The summed E-state index contributed by atoms with van der Waals surface area (Å²) >= 11 is 0. The molecule has 0 aliphatic carbocycles. The van der Waals surface area contributed by atoms with Crippen molar-refractivity contribution >= 4 is 22.8 Å². The van der Waals surface area contributed by atoms with Crippen LogP contribution in [0.4, 0.5) is 10.2 Å². The van der Waals surface area contributed by atoms with E-state index in [1.807, 2.05) is 0 Å². The molecule has 3 heterocycles. The lowest BCUT2D eigenvalue weighted by Gasteiger charge is -2.28. The van der Waals surface area contributed by atoms with E-state index in [1.54, 1.807) is 11.9 Å². The van der Waals surface area contributed by atoms with Crippen LogP contribution in [0.1, 0.15) is 10.4 Å². The van der Waals surface area contributed by atoms with Crippen LogP contribution in [0.5, 0.6) is 0 Å². The Morgan fingerprint density at radius 3 is 2.73 bits per heavy atom. The molecule has 22 heavy (non-hydrogen) atoms. The van der Waals surface area contributed by atoms with Gasteiger partial charge in [0.05, 0.1) is 5.39 Å². The summed E-state index contributed by atoms with van der Waals surface area (Å²) in [5.41, 5.74) is -0.852. The molecule has 1 aliphatic heterocycles. The van der Waals surface area contributed by atoms with E-state index >= 15 is 0 Å². The van der Waals surface area contributed by atoms with E-state index in [9.17, 15) is 14.0 Å². The van der Waals surface area contributed by atoms with Gasteiger partial charge >= 0.3 is 5.97 Å². The number of hydrogen-bond acceptors (Lipinski definition) is 5. The molecule has 0 unspecified atom stereocenters. The lowest BCUT2D eigenvalue weighted by molar-refractivity contribution is 0.0695. The fraction of sp³-hybridized carbons (Fsp3) is 0.357. The van der Waals surface area contributed by atoms with Crippen molar-refractivity contribution in [2.24, 2.45) is 7.05 Å². The molecule has 8 heteroatoms. The monoisotopic (exact) mass is 306 g/mol. The lowest BCUT2D eigenvalue weighted by Crippen LogP contribution is -2.44. The van der Waals surface area contributed by atoms with Gasteiger partial charge in [-0.3, -0.25) is 4.79 Å². The average Bonchev–Trinajstić information content (AvgIpc) is 2.51. The number of fused-ring (bicyclic) bond motifs is 1. The highest BCUT2D eigenvalue weighted by Crippen LogP contribution is 2.21. The molecule has 3 rings (SSSR count). The van der Waals surface area contributed by atoms with E-state index in [1.165, 1.54) is 10.8 Å². The number of pyridine rings is 2. The van der Waals surface area contributed by atoms with Gasteiger partial charge in [0.1, 0.15) is 11.2 Å². The first-order chi connectivity index (χ1) is 10.5. The Morgan fingerprint density at radius 2 is 2.09 bits per heavy atom. The zero-order valence-corrected chi connectivity index (χ0v) is 12.0. The molecular formula is C14H15FN4O3. The van der Waals surface area contributed by atoms with Gasteiger partial charge in [0, 0.05) is 39.4 Å². The third kappa shape index (κ3) is 2.31. The van der Waals surface area contributed by atoms with E-state index in [-0.39, 0.29) is 16.9 Å². The summed E-state index contributed by atoms with van der Waals surface area (Å²) in [6.45, 7) is 2.71. The average molecular weight is 306 g/mol. The maximum atomic E-state index is 14.3. The van der Waals surface area contributed by atoms with E-state index in [0.717, 1.165) is 19.2 Å². The van der Waals surface area contributed by atoms with Crippen molar-refractivity contribution in [2.45, 2.75) is 0 Å². The Bertz CT molecular complexity index is 812. The van der Waals surface area contributed by atoms with Crippen LogP contribution in [0.3, 0.4) is 0 Å². The molecule has 116 valence electrons. The number of nitrogens with one attached hydrogen (secondary N) is 1. The standard InChI is InChI=1S/C14H15FN4O3/c1-18-7-9(14(21)22)11(20)8-6-10(15)13(17-12(8)18)19-4-2-16-3-5-19/h6-7,16H,2-5H2,1H3,(H,21,22). The second-order valence-electron chi connectivity index (χ2n) is 5.19. The maximum Gasteiger partial charge on any atom is 0.341 e. The number of anilines is 1. The summed E-state index contributed by atoms with van der Waals surface area (Å²) in [4.78, 5) is 29.3. The van der Waals surface area contributed by atoms with E-state index in [2.05, 4.69) is 10.3 Å². The maximum absolute atomic E-state index is 14.3. The molecule has 0 amide bonds. The Hall–Kier alpha value is -2.48. The molecular weight excluding hydrogens is 291 g/mol. The van der Waals surface area contributed by atoms with Gasteiger partial charge in [-0.2, -0.15) is 0 Å². The van der Waals surface area contributed by atoms with Crippen LogP contribution in [0.2, 0.25) is 0 Å². The van der Waals surface area contributed by atoms with Crippen LogP contribution in [-0.2, 0) is 7.05 Å². The summed E-state index contributed by atoms with van der Waals surface area (Å²) < 4.78 is 15.8. The number of rotatable bonds is 2. The number of carboxylic acids is 1. The van der Waals surface area contributed by atoms with E-state index < -0.39 is 22.8 Å². The molecule has 2 aromatic heterocycles. The second-order valence-corrected chi connectivity index (χ2v) is 5.19. The van der Waals surface area contributed by atoms with Crippen molar-refractivity contribution < 1.29 is 14.3 Å². The molecule has 1 saturated heterocycles. The number of nitrogens with zero attached hydrogens (tertiary/aromatic N) is 3. The first-order valence-electron chi connectivity index (χ1n) is 6.88. The molecule has 0 bridgehead atoms. The van der Waals surface area contributed by atoms with Crippen molar-refractivity contribution in [3.63, 3.8) is 0 Å². The van der Waals surface area contributed by atoms with Crippen LogP contribution in [0, 0.1) is 5.82 Å². The summed E-state index contributed by atoms with van der Waals surface area (Å²) in [7, 11) is 1.58. The summed E-state index contributed by atoms with van der Waals surface area (Å²) in [5.74, 6) is -1.77. The SMILES string of the molecule is Cn1cc(C(=O)O)c(=O)c2cc(F)c(N3CCNCC3)nc21.